The number of carbonyl (C=O) groups is 1. The molecule has 1 aromatic heterocycles. The number of hydrogen-bond donors (Lipinski definition) is 1. The standard InChI is InChI=1S/C24H25N3O5/c1-6-11-32-23(28)21-14(2)25-24-26-16-9-7-8-10-17(16)27(24)22(21)15-12-19(30-4)20(31-5)13-18(15)29-3/h6-10,12-13,22H,1,11H2,2-5H3,(H,25,26). The number of aromatic nitrogens is 2. The summed E-state index contributed by atoms with van der Waals surface area (Å²) in [5.74, 6) is 1.74. The van der Waals surface area contributed by atoms with Gasteiger partial charge in [-0.05, 0) is 25.1 Å². The lowest BCUT2D eigenvalue weighted by Crippen LogP contribution is -2.29. The summed E-state index contributed by atoms with van der Waals surface area (Å²) in [7, 11) is 4.70. The molecule has 1 atom stereocenters. The van der Waals surface area contributed by atoms with Crippen molar-refractivity contribution < 1.29 is 23.7 Å². The lowest BCUT2D eigenvalue weighted by Gasteiger charge is -2.31. The summed E-state index contributed by atoms with van der Waals surface area (Å²) in [6.45, 7) is 5.56. The molecule has 8 nitrogen and oxygen atoms in total. The van der Waals surface area contributed by atoms with Gasteiger partial charge in [0.05, 0.1) is 44.0 Å². The molecule has 1 unspecified atom stereocenters. The fraction of sp³-hybridized carbons (Fsp3) is 0.250. The van der Waals surface area contributed by atoms with Crippen molar-refractivity contribution in [3.05, 3.63) is 65.9 Å². The van der Waals surface area contributed by atoms with E-state index in [4.69, 9.17) is 23.9 Å². The van der Waals surface area contributed by atoms with Gasteiger partial charge in [0.25, 0.3) is 0 Å². The summed E-state index contributed by atoms with van der Waals surface area (Å²) in [4.78, 5) is 17.9. The lowest BCUT2D eigenvalue weighted by atomic mass is 9.93. The molecule has 0 saturated carbocycles. The summed E-state index contributed by atoms with van der Waals surface area (Å²) in [6.07, 6.45) is 1.54. The molecule has 166 valence electrons. The highest BCUT2D eigenvalue weighted by molar-refractivity contribution is 5.94. The van der Waals surface area contributed by atoms with E-state index in [2.05, 4.69) is 11.9 Å². The third kappa shape index (κ3) is 3.43. The Bertz CT molecular complexity index is 1230. The maximum Gasteiger partial charge on any atom is 0.338 e. The van der Waals surface area contributed by atoms with Gasteiger partial charge in [0.15, 0.2) is 11.5 Å². The fourth-order valence-electron chi connectivity index (χ4n) is 4.00. The number of fused-ring (bicyclic) bond motifs is 3. The van der Waals surface area contributed by atoms with Crippen LogP contribution in [0.25, 0.3) is 11.0 Å². The van der Waals surface area contributed by atoms with Crippen LogP contribution in [0, 0.1) is 0 Å². The van der Waals surface area contributed by atoms with Gasteiger partial charge in [-0.3, -0.25) is 4.57 Å². The number of hydrogen-bond acceptors (Lipinski definition) is 7. The van der Waals surface area contributed by atoms with Crippen molar-refractivity contribution in [1.29, 1.82) is 0 Å². The molecule has 0 aliphatic carbocycles. The molecule has 0 bridgehead atoms. The monoisotopic (exact) mass is 435 g/mol. The highest BCUT2D eigenvalue weighted by atomic mass is 16.5. The zero-order chi connectivity index (χ0) is 22.8. The SMILES string of the molecule is C=CCOC(=O)C1=C(C)Nc2nc3ccccc3n2C1c1cc(OC)c(OC)cc1OC. The largest absolute Gasteiger partial charge is 0.496 e. The minimum atomic E-state index is -0.578. The Morgan fingerprint density at radius 2 is 1.81 bits per heavy atom. The van der Waals surface area contributed by atoms with Crippen molar-refractivity contribution in [2.45, 2.75) is 13.0 Å². The Hall–Kier alpha value is -3.94. The van der Waals surface area contributed by atoms with Crippen LogP contribution in [0.2, 0.25) is 0 Å². The quantitative estimate of drug-likeness (QED) is 0.442. The maximum absolute atomic E-state index is 13.2. The van der Waals surface area contributed by atoms with E-state index < -0.39 is 12.0 Å². The van der Waals surface area contributed by atoms with E-state index in [0.717, 1.165) is 11.0 Å². The van der Waals surface area contributed by atoms with E-state index >= 15 is 0 Å². The number of anilines is 1. The molecule has 4 rings (SSSR count). The highest BCUT2D eigenvalue weighted by Gasteiger charge is 2.37. The van der Waals surface area contributed by atoms with Gasteiger partial charge >= 0.3 is 5.97 Å². The van der Waals surface area contributed by atoms with Crippen LogP contribution in [0.1, 0.15) is 18.5 Å². The molecular weight excluding hydrogens is 410 g/mol. The molecule has 1 aliphatic rings. The summed E-state index contributed by atoms with van der Waals surface area (Å²) in [5, 5.41) is 3.25. The second kappa shape index (κ2) is 8.66. The van der Waals surface area contributed by atoms with Crippen LogP contribution in [0.15, 0.2) is 60.3 Å². The number of benzene rings is 2. The normalized spacial score (nSPS) is 15.1. The number of nitrogens with zero attached hydrogens (tertiary/aromatic N) is 2. The third-order valence-corrected chi connectivity index (χ3v) is 5.41. The van der Waals surface area contributed by atoms with Crippen LogP contribution >= 0.6 is 0 Å². The second-order valence-corrected chi connectivity index (χ2v) is 7.20. The molecule has 1 N–H and O–H groups in total. The molecule has 0 spiro atoms. The average Bonchev–Trinajstić information content (AvgIpc) is 3.18. The fourth-order valence-corrected chi connectivity index (χ4v) is 4.00. The molecule has 32 heavy (non-hydrogen) atoms. The van der Waals surface area contributed by atoms with Gasteiger partial charge in [0.1, 0.15) is 12.4 Å². The van der Waals surface area contributed by atoms with E-state index in [-0.39, 0.29) is 6.61 Å². The molecule has 1 aliphatic heterocycles. The van der Waals surface area contributed by atoms with E-state index in [1.165, 1.54) is 6.08 Å². The zero-order valence-electron chi connectivity index (χ0n) is 18.5. The van der Waals surface area contributed by atoms with E-state index in [1.54, 1.807) is 27.4 Å². The van der Waals surface area contributed by atoms with Crippen molar-refractivity contribution in [2.24, 2.45) is 0 Å². The molecule has 2 aromatic carbocycles. The van der Waals surface area contributed by atoms with Gasteiger partial charge in [-0.1, -0.05) is 24.8 Å². The van der Waals surface area contributed by atoms with Crippen molar-refractivity contribution in [1.82, 2.24) is 9.55 Å². The molecular formula is C24H25N3O5. The number of imidazole rings is 1. The van der Waals surface area contributed by atoms with Crippen molar-refractivity contribution in [3.63, 3.8) is 0 Å². The number of rotatable bonds is 7. The number of nitrogens with one attached hydrogen (secondary N) is 1. The highest BCUT2D eigenvalue weighted by Crippen LogP contribution is 2.45. The number of allylic oxidation sites excluding steroid dienone is 1. The first-order valence-electron chi connectivity index (χ1n) is 10.1. The summed E-state index contributed by atoms with van der Waals surface area (Å²) >= 11 is 0. The second-order valence-electron chi connectivity index (χ2n) is 7.20. The van der Waals surface area contributed by atoms with Crippen molar-refractivity contribution >= 4 is 23.0 Å². The first-order chi connectivity index (χ1) is 15.5. The molecule has 8 heteroatoms. The van der Waals surface area contributed by atoms with Crippen LogP contribution in [-0.4, -0.2) is 43.5 Å². The molecule has 0 saturated heterocycles. The molecule has 0 radical (unpaired) electrons. The molecule has 0 amide bonds. The summed E-state index contributed by atoms with van der Waals surface area (Å²) in [6, 6.07) is 10.7. The van der Waals surface area contributed by atoms with Gasteiger partial charge in [0.2, 0.25) is 5.95 Å². The summed E-state index contributed by atoms with van der Waals surface area (Å²) < 4.78 is 24.1. The van der Waals surface area contributed by atoms with Gasteiger partial charge in [-0.2, -0.15) is 0 Å². The van der Waals surface area contributed by atoms with Crippen molar-refractivity contribution in [3.8, 4) is 17.2 Å². The number of esters is 1. The number of methoxy groups -OCH3 is 3. The predicted octanol–water partition coefficient (Wildman–Crippen LogP) is 4.08. The topological polar surface area (TPSA) is 83.8 Å². The maximum atomic E-state index is 13.2. The molecule has 2 heterocycles. The van der Waals surface area contributed by atoms with Gasteiger partial charge in [0, 0.05) is 17.3 Å². The van der Waals surface area contributed by atoms with Crippen LogP contribution in [0.3, 0.4) is 0 Å². The lowest BCUT2D eigenvalue weighted by molar-refractivity contribution is -0.138. The van der Waals surface area contributed by atoms with E-state index in [1.807, 2.05) is 41.8 Å². The van der Waals surface area contributed by atoms with Crippen LogP contribution in [0.5, 0.6) is 17.2 Å². The number of para-hydroxylation sites is 2. The van der Waals surface area contributed by atoms with Crippen molar-refractivity contribution in [2.75, 3.05) is 33.3 Å². The Balaban J connectivity index is 2.02. The van der Waals surface area contributed by atoms with Crippen LogP contribution < -0.4 is 19.5 Å². The van der Waals surface area contributed by atoms with Crippen LogP contribution in [-0.2, 0) is 9.53 Å². The Kier molecular flexibility index (Phi) is 5.77. The van der Waals surface area contributed by atoms with E-state index in [0.29, 0.717) is 40.0 Å². The smallest absolute Gasteiger partial charge is 0.338 e. The third-order valence-electron chi connectivity index (χ3n) is 5.41. The molecule has 0 fully saturated rings. The van der Waals surface area contributed by atoms with Gasteiger partial charge in [-0.25, -0.2) is 9.78 Å². The minimum absolute atomic E-state index is 0.100. The Labute approximate surface area is 186 Å². The molecule has 3 aromatic rings. The predicted molar refractivity (Wildman–Crippen MR) is 121 cm³/mol. The zero-order valence-corrected chi connectivity index (χ0v) is 18.5. The van der Waals surface area contributed by atoms with Gasteiger partial charge < -0.3 is 24.3 Å². The van der Waals surface area contributed by atoms with E-state index in [9.17, 15) is 4.79 Å². The van der Waals surface area contributed by atoms with Crippen LogP contribution in [0.4, 0.5) is 5.95 Å². The minimum Gasteiger partial charge on any atom is -0.496 e. The number of ether oxygens (including phenoxy) is 4. The van der Waals surface area contributed by atoms with Gasteiger partial charge in [-0.15, -0.1) is 0 Å². The number of carbonyl (C=O) groups excluding carboxylic acids is 1. The first-order valence-corrected chi connectivity index (χ1v) is 10.1. The average molecular weight is 435 g/mol. The Morgan fingerprint density at radius 3 is 2.50 bits per heavy atom. The first kappa shape index (κ1) is 21.3. The Morgan fingerprint density at radius 1 is 1.12 bits per heavy atom. The summed E-state index contributed by atoms with van der Waals surface area (Å²) in [5.41, 5.74) is 3.45.